The number of carbonyl (C=O) groups excluding carboxylic acids is 1. The quantitative estimate of drug-likeness (QED) is 0.801. The van der Waals surface area contributed by atoms with E-state index in [1.165, 1.54) is 19.3 Å². The summed E-state index contributed by atoms with van der Waals surface area (Å²) in [5, 5.41) is 0. The van der Waals surface area contributed by atoms with Crippen molar-refractivity contribution in [3.05, 3.63) is 29.6 Å². The van der Waals surface area contributed by atoms with Gasteiger partial charge in [-0.2, -0.15) is 0 Å². The molecule has 1 saturated heterocycles. The van der Waals surface area contributed by atoms with Crippen molar-refractivity contribution in [3.8, 4) is 0 Å². The highest BCUT2D eigenvalue weighted by Crippen LogP contribution is 2.37. The van der Waals surface area contributed by atoms with E-state index >= 15 is 0 Å². The molecule has 2 unspecified atom stereocenters. The van der Waals surface area contributed by atoms with Gasteiger partial charge < -0.3 is 4.90 Å². The molecule has 3 nitrogen and oxygen atoms in total. The Morgan fingerprint density at radius 3 is 2.83 bits per heavy atom. The second kappa shape index (κ2) is 4.38. The number of likely N-dealkylation sites (tertiary alicyclic amines) is 1. The Hall–Kier alpha value is -1.38. The van der Waals surface area contributed by atoms with Gasteiger partial charge in [0.1, 0.15) is 5.69 Å². The van der Waals surface area contributed by atoms with Gasteiger partial charge in [0.25, 0.3) is 5.91 Å². The lowest BCUT2D eigenvalue weighted by molar-refractivity contribution is 0.0697. The van der Waals surface area contributed by atoms with E-state index in [1.807, 2.05) is 23.1 Å². The molecule has 2 bridgehead atoms. The Morgan fingerprint density at radius 1 is 1.39 bits per heavy atom. The zero-order valence-corrected chi connectivity index (χ0v) is 11.1. The molecule has 0 N–H and O–H groups in total. The van der Waals surface area contributed by atoms with Crippen LogP contribution in [0.1, 0.15) is 55.2 Å². The van der Waals surface area contributed by atoms with E-state index in [2.05, 4.69) is 18.8 Å². The van der Waals surface area contributed by atoms with Crippen LogP contribution in [0.25, 0.3) is 0 Å². The molecule has 1 aliphatic heterocycles. The fraction of sp³-hybridized carbons (Fsp3) is 0.600. The van der Waals surface area contributed by atoms with Crippen LogP contribution in [0.15, 0.2) is 18.2 Å². The molecule has 0 aromatic carbocycles. The number of rotatable bonds is 2. The van der Waals surface area contributed by atoms with E-state index in [4.69, 9.17) is 0 Å². The molecule has 2 heterocycles. The number of hydrogen-bond donors (Lipinski definition) is 0. The molecule has 2 aliphatic rings. The van der Waals surface area contributed by atoms with Gasteiger partial charge in [-0.05, 0) is 43.2 Å². The summed E-state index contributed by atoms with van der Waals surface area (Å²) < 4.78 is 0. The summed E-state index contributed by atoms with van der Waals surface area (Å²) in [6.07, 6.45) is 3.68. The van der Waals surface area contributed by atoms with Crippen LogP contribution in [0.2, 0.25) is 0 Å². The number of amides is 1. The van der Waals surface area contributed by atoms with E-state index in [0.717, 1.165) is 18.2 Å². The SMILES string of the molecule is CC(C)c1cccc(C(=O)N2CC3CCC2C3)n1. The molecular formula is C15H20N2O. The molecule has 3 heteroatoms. The lowest BCUT2D eigenvalue weighted by Gasteiger charge is -2.26. The molecule has 1 amide bonds. The van der Waals surface area contributed by atoms with Crippen molar-refractivity contribution in [2.45, 2.75) is 45.1 Å². The first kappa shape index (κ1) is 11.7. The molecule has 1 aliphatic carbocycles. The molecule has 2 fully saturated rings. The van der Waals surface area contributed by atoms with Crippen molar-refractivity contribution >= 4 is 5.91 Å². The monoisotopic (exact) mass is 244 g/mol. The summed E-state index contributed by atoms with van der Waals surface area (Å²) in [5.74, 6) is 1.24. The highest BCUT2D eigenvalue weighted by molar-refractivity contribution is 5.92. The topological polar surface area (TPSA) is 33.2 Å². The second-order valence-corrected chi connectivity index (χ2v) is 5.89. The summed E-state index contributed by atoms with van der Waals surface area (Å²) in [6, 6.07) is 6.27. The Balaban J connectivity index is 1.82. The summed E-state index contributed by atoms with van der Waals surface area (Å²) in [4.78, 5) is 19.0. The van der Waals surface area contributed by atoms with E-state index < -0.39 is 0 Å². The van der Waals surface area contributed by atoms with Gasteiger partial charge in [-0.25, -0.2) is 4.98 Å². The van der Waals surface area contributed by atoms with Crippen molar-refractivity contribution in [1.82, 2.24) is 9.88 Å². The van der Waals surface area contributed by atoms with Crippen LogP contribution < -0.4 is 0 Å². The molecule has 96 valence electrons. The third kappa shape index (κ3) is 1.92. The van der Waals surface area contributed by atoms with Crippen LogP contribution >= 0.6 is 0 Å². The summed E-state index contributed by atoms with van der Waals surface area (Å²) in [5.41, 5.74) is 1.62. The van der Waals surface area contributed by atoms with Gasteiger partial charge >= 0.3 is 0 Å². The molecule has 0 radical (unpaired) electrons. The van der Waals surface area contributed by atoms with Gasteiger partial charge in [0, 0.05) is 18.3 Å². The Morgan fingerprint density at radius 2 is 2.22 bits per heavy atom. The van der Waals surface area contributed by atoms with E-state index in [0.29, 0.717) is 17.7 Å². The average Bonchev–Trinajstić information content (AvgIpc) is 3.00. The first-order chi connectivity index (χ1) is 8.65. The van der Waals surface area contributed by atoms with Crippen LogP contribution in [0.4, 0.5) is 0 Å². The smallest absolute Gasteiger partial charge is 0.272 e. The maximum atomic E-state index is 12.5. The van der Waals surface area contributed by atoms with Gasteiger partial charge in [-0.1, -0.05) is 19.9 Å². The van der Waals surface area contributed by atoms with Gasteiger partial charge in [-0.15, -0.1) is 0 Å². The van der Waals surface area contributed by atoms with Gasteiger partial charge in [0.2, 0.25) is 0 Å². The van der Waals surface area contributed by atoms with Crippen LogP contribution in [0.3, 0.4) is 0 Å². The van der Waals surface area contributed by atoms with E-state index in [9.17, 15) is 4.79 Å². The number of piperidine rings is 1. The van der Waals surface area contributed by atoms with Crippen molar-refractivity contribution in [2.24, 2.45) is 5.92 Å². The molecule has 3 rings (SSSR count). The fourth-order valence-corrected chi connectivity index (χ4v) is 3.21. The number of fused-ring (bicyclic) bond motifs is 2. The number of hydrogen-bond acceptors (Lipinski definition) is 2. The minimum absolute atomic E-state index is 0.129. The van der Waals surface area contributed by atoms with E-state index in [1.54, 1.807) is 0 Å². The highest BCUT2D eigenvalue weighted by atomic mass is 16.2. The van der Waals surface area contributed by atoms with Crippen LogP contribution in [-0.4, -0.2) is 28.4 Å². The van der Waals surface area contributed by atoms with Crippen LogP contribution in [0.5, 0.6) is 0 Å². The summed E-state index contributed by atoms with van der Waals surface area (Å²) in [7, 11) is 0. The maximum absolute atomic E-state index is 12.5. The third-order valence-corrected chi connectivity index (χ3v) is 4.25. The number of pyridine rings is 1. The zero-order chi connectivity index (χ0) is 12.7. The molecule has 0 spiro atoms. The van der Waals surface area contributed by atoms with E-state index in [-0.39, 0.29) is 5.91 Å². The first-order valence-electron chi connectivity index (χ1n) is 6.93. The third-order valence-electron chi connectivity index (χ3n) is 4.25. The molecule has 1 aromatic rings. The number of carbonyl (C=O) groups is 1. The lowest BCUT2D eigenvalue weighted by atomic mass is 10.1. The molecular weight excluding hydrogens is 224 g/mol. The van der Waals surface area contributed by atoms with Crippen molar-refractivity contribution in [1.29, 1.82) is 0 Å². The van der Waals surface area contributed by atoms with Crippen molar-refractivity contribution in [3.63, 3.8) is 0 Å². The van der Waals surface area contributed by atoms with Crippen LogP contribution in [-0.2, 0) is 0 Å². The molecule has 1 aromatic heterocycles. The minimum atomic E-state index is 0.129. The normalized spacial score (nSPS) is 26.1. The first-order valence-corrected chi connectivity index (χ1v) is 6.93. The van der Waals surface area contributed by atoms with Gasteiger partial charge in [0.05, 0.1) is 0 Å². The number of aromatic nitrogens is 1. The lowest BCUT2D eigenvalue weighted by Crippen LogP contribution is -2.38. The molecule has 1 saturated carbocycles. The summed E-state index contributed by atoms with van der Waals surface area (Å²) in [6.45, 7) is 5.15. The zero-order valence-electron chi connectivity index (χ0n) is 11.1. The average molecular weight is 244 g/mol. The largest absolute Gasteiger partial charge is 0.334 e. The minimum Gasteiger partial charge on any atom is -0.334 e. The Labute approximate surface area is 108 Å². The highest BCUT2D eigenvalue weighted by Gasteiger charge is 2.40. The van der Waals surface area contributed by atoms with Crippen LogP contribution in [0, 0.1) is 5.92 Å². The van der Waals surface area contributed by atoms with Gasteiger partial charge in [-0.3, -0.25) is 4.79 Å². The summed E-state index contributed by atoms with van der Waals surface area (Å²) >= 11 is 0. The fourth-order valence-electron chi connectivity index (χ4n) is 3.21. The van der Waals surface area contributed by atoms with Crippen molar-refractivity contribution < 1.29 is 4.79 Å². The predicted octanol–water partition coefficient (Wildman–Crippen LogP) is 2.83. The van der Waals surface area contributed by atoms with Crippen molar-refractivity contribution in [2.75, 3.05) is 6.54 Å². The Kier molecular flexibility index (Phi) is 2.84. The number of nitrogens with zero attached hydrogens (tertiary/aromatic N) is 2. The maximum Gasteiger partial charge on any atom is 0.272 e. The standard InChI is InChI=1S/C15H20N2O/c1-10(2)13-4-3-5-14(16-13)15(18)17-9-11-6-7-12(17)8-11/h3-5,10-12H,6-9H2,1-2H3. The predicted molar refractivity (Wildman–Crippen MR) is 70.5 cm³/mol. The molecule has 2 atom stereocenters. The Bertz CT molecular complexity index is 469. The van der Waals surface area contributed by atoms with Gasteiger partial charge in [0.15, 0.2) is 0 Å². The molecule has 18 heavy (non-hydrogen) atoms. The second-order valence-electron chi connectivity index (χ2n) is 5.89.